The Balaban J connectivity index is 0.00000161. The summed E-state index contributed by atoms with van der Waals surface area (Å²) < 4.78 is 0. The minimum atomic E-state index is -0.378. The summed E-state index contributed by atoms with van der Waals surface area (Å²) in [5.74, 6) is -0.732. The molecule has 2 heterocycles. The van der Waals surface area contributed by atoms with Crippen LogP contribution in [0, 0.1) is 13.8 Å². The molecule has 1 atom stereocenters. The number of hydrogen-bond acceptors (Lipinski definition) is 3. The van der Waals surface area contributed by atoms with Gasteiger partial charge in [0.1, 0.15) is 0 Å². The third kappa shape index (κ3) is 2.36. The first-order valence-corrected chi connectivity index (χ1v) is 7.24. The van der Waals surface area contributed by atoms with E-state index < -0.39 is 0 Å². The highest BCUT2D eigenvalue weighted by Crippen LogP contribution is 2.37. The molecule has 0 radical (unpaired) electrons. The van der Waals surface area contributed by atoms with E-state index >= 15 is 0 Å². The van der Waals surface area contributed by atoms with Gasteiger partial charge in [-0.3, -0.25) is 19.4 Å². The highest BCUT2D eigenvalue weighted by molar-refractivity contribution is 6.52. The molecule has 21 heavy (non-hydrogen) atoms. The Morgan fingerprint density at radius 1 is 1.05 bits per heavy atom. The fourth-order valence-electron chi connectivity index (χ4n) is 3.35. The maximum Gasteiger partial charge on any atom is 0.300 e. The molecule has 5 heteroatoms. The van der Waals surface area contributed by atoms with E-state index in [0.717, 1.165) is 29.9 Å². The predicted octanol–water partition coefficient (Wildman–Crippen LogP) is 2.70. The molecule has 2 aliphatic rings. The Labute approximate surface area is 131 Å². The highest BCUT2D eigenvalue weighted by atomic mass is 35.5. The van der Waals surface area contributed by atoms with E-state index in [1.54, 1.807) is 4.90 Å². The van der Waals surface area contributed by atoms with Crippen molar-refractivity contribution >= 4 is 29.8 Å². The molecule has 1 aromatic carbocycles. The monoisotopic (exact) mass is 308 g/mol. The fraction of sp³-hybridized carbons (Fsp3) is 0.500. The van der Waals surface area contributed by atoms with Crippen LogP contribution in [0.5, 0.6) is 0 Å². The van der Waals surface area contributed by atoms with Crippen molar-refractivity contribution in [3.05, 3.63) is 28.8 Å². The Hall–Kier alpha value is -1.39. The van der Waals surface area contributed by atoms with Crippen LogP contribution in [0.2, 0.25) is 0 Å². The molecule has 1 amide bonds. The first-order chi connectivity index (χ1) is 9.52. The van der Waals surface area contributed by atoms with Gasteiger partial charge in [0.25, 0.3) is 5.78 Å². The van der Waals surface area contributed by atoms with Crippen LogP contribution in [0.25, 0.3) is 0 Å². The number of rotatable bonds is 2. The molecule has 0 aliphatic carbocycles. The topological polar surface area (TPSA) is 40.6 Å². The van der Waals surface area contributed by atoms with E-state index in [1.165, 1.54) is 12.8 Å². The lowest BCUT2D eigenvalue weighted by Crippen LogP contribution is -2.48. The Morgan fingerprint density at radius 3 is 2.24 bits per heavy atom. The van der Waals surface area contributed by atoms with E-state index in [2.05, 4.69) is 4.90 Å². The summed E-state index contributed by atoms with van der Waals surface area (Å²) in [5, 5.41) is 0. The predicted molar refractivity (Wildman–Crippen MR) is 85.2 cm³/mol. The standard InChI is InChI=1S/C16H20N2O2.ClH/c1-10-6-7-11(2)14-13(10)15(19)16(20)18(14)12(3)17-8-4-5-9-17;/h6-7,12H,4-5,8-9H2,1-3H3;1H. The van der Waals surface area contributed by atoms with Crippen molar-refractivity contribution in [3.8, 4) is 0 Å². The average molecular weight is 309 g/mol. The molecular formula is C16H21ClN2O2. The second-order valence-electron chi connectivity index (χ2n) is 5.80. The van der Waals surface area contributed by atoms with E-state index in [1.807, 2.05) is 32.9 Å². The average Bonchev–Trinajstić information content (AvgIpc) is 3.03. The van der Waals surface area contributed by atoms with E-state index in [4.69, 9.17) is 0 Å². The molecule has 114 valence electrons. The van der Waals surface area contributed by atoms with Gasteiger partial charge in [-0.15, -0.1) is 12.4 Å². The quantitative estimate of drug-likeness (QED) is 0.789. The van der Waals surface area contributed by atoms with Crippen LogP contribution in [0.3, 0.4) is 0 Å². The summed E-state index contributed by atoms with van der Waals surface area (Å²) >= 11 is 0. The summed E-state index contributed by atoms with van der Waals surface area (Å²) in [4.78, 5) is 28.7. The third-order valence-electron chi connectivity index (χ3n) is 4.51. The van der Waals surface area contributed by atoms with Gasteiger partial charge < -0.3 is 0 Å². The maximum absolute atomic E-state index is 12.4. The molecule has 4 nitrogen and oxygen atoms in total. The van der Waals surface area contributed by atoms with Crippen LogP contribution in [0.1, 0.15) is 41.3 Å². The second-order valence-corrected chi connectivity index (χ2v) is 5.80. The molecule has 0 saturated carbocycles. The van der Waals surface area contributed by atoms with Gasteiger partial charge in [-0.1, -0.05) is 12.1 Å². The number of Topliss-reactive ketones (excluding diaryl/α,β-unsaturated/α-hetero) is 1. The van der Waals surface area contributed by atoms with Gasteiger partial charge in [-0.05, 0) is 44.7 Å². The summed E-state index contributed by atoms with van der Waals surface area (Å²) in [6, 6.07) is 3.91. The van der Waals surface area contributed by atoms with Crippen molar-refractivity contribution in [3.63, 3.8) is 0 Å². The number of nitrogens with zero attached hydrogens (tertiary/aromatic N) is 2. The van der Waals surface area contributed by atoms with Crippen molar-refractivity contribution in [2.75, 3.05) is 18.0 Å². The molecule has 1 unspecified atom stereocenters. The zero-order valence-electron chi connectivity index (χ0n) is 12.7. The second kappa shape index (κ2) is 5.78. The van der Waals surface area contributed by atoms with Crippen LogP contribution < -0.4 is 4.90 Å². The van der Waals surface area contributed by atoms with Gasteiger partial charge >= 0.3 is 5.91 Å². The number of aryl methyl sites for hydroxylation is 2. The lowest BCUT2D eigenvalue weighted by molar-refractivity contribution is -0.115. The molecule has 1 saturated heterocycles. The van der Waals surface area contributed by atoms with Crippen LogP contribution >= 0.6 is 12.4 Å². The van der Waals surface area contributed by atoms with Gasteiger partial charge in [-0.25, -0.2) is 0 Å². The number of anilines is 1. The molecule has 2 aliphatic heterocycles. The first kappa shape index (κ1) is 16.0. The first-order valence-electron chi connectivity index (χ1n) is 7.24. The number of amides is 1. The largest absolute Gasteiger partial charge is 0.300 e. The minimum Gasteiger partial charge on any atom is -0.289 e. The van der Waals surface area contributed by atoms with Crippen LogP contribution in [0.4, 0.5) is 5.69 Å². The van der Waals surface area contributed by atoms with Crippen LogP contribution in [0.15, 0.2) is 12.1 Å². The lowest BCUT2D eigenvalue weighted by Gasteiger charge is -2.33. The molecule has 0 aromatic heterocycles. The van der Waals surface area contributed by atoms with Gasteiger partial charge in [0.15, 0.2) is 0 Å². The summed E-state index contributed by atoms with van der Waals surface area (Å²) in [7, 11) is 0. The third-order valence-corrected chi connectivity index (χ3v) is 4.51. The number of halogens is 1. The Kier molecular flexibility index (Phi) is 4.40. The van der Waals surface area contributed by atoms with Crippen LogP contribution in [-0.4, -0.2) is 35.8 Å². The van der Waals surface area contributed by atoms with E-state index in [9.17, 15) is 9.59 Å². The van der Waals surface area contributed by atoms with Crippen molar-refractivity contribution in [1.29, 1.82) is 0 Å². The number of ketones is 1. The van der Waals surface area contributed by atoms with Crippen molar-refractivity contribution in [2.24, 2.45) is 0 Å². The number of benzene rings is 1. The van der Waals surface area contributed by atoms with Crippen molar-refractivity contribution in [2.45, 2.75) is 39.8 Å². The fourth-order valence-corrected chi connectivity index (χ4v) is 3.35. The molecule has 3 rings (SSSR count). The highest BCUT2D eigenvalue weighted by Gasteiger charge is 2.42. The van der Waals surface area contributed by atoms with Gasteiger partial charge in [0, 0.05) is 13.1 Å². The molecule has 0 bridgehead atoms. The molecule has 0 N–H and O–H groups in total. The summed E-state index contributed by atoms with van der Waals surface area (Å²) in [5.41, 5.74) is 3.30. The summed E-state index contributed by atoms with van der Waals surface area (Å²) in [6.07, 6.45) is 2.29. The molecular weight excluding hydrogens is 288 g/mol. The van der Waals surface area contributed by atoms with Gasteiger partial charge in [0.2, 0.25) is 0 Å². The number of carbonyl (C=O) groups is 2. The molecule has 1 fully saturated rings. The lowest BCUT2D eigenvalue weighted by atomic mass is 10.0. The van der Waals surface area contributed by atoms with Gasteiger partial charge in [0.05, 0.1) is 17.4 Å². The van der Waals surface area contributed by atoms with E-state index in [0.29, 0.717) is 5.56 Å². The van der Waals surface area contributed by atoms with Crippen LogP contribution in [-0.2, 0) is 4.79 Å². The summed E-state index contributed by atoms with van der Waals surface area (Å²) in [6.45, 7) is 7.88. The molecule has 0 spiro atoms. The Morgan fingerprint density at radius 2 is 1.62 bits per heavy atom. The maximum atomic E-state index is 12.4. The SMILES string of the molecule is Cc1ccc(C)c2c1C(=O)C(=O)N2C(C)N1CCCC1.Cl. The van der Waals surface area contributed by atoms with E-state index in [-0.39, 0.29) is 30.3 Å². The Bertz CT molecular complexity index is 594. The number of hydrogen-bond donors (Lipinski definition) is 0. The van der Waals surface area contributed by atoms with Gasteiger partial charge in [-0.2, -0.15) is 0 Å². The zero-order chi connectivity index (χ0) is 14.4. The number of likely N-dealkylation sites (tertiary alicyclic amines) is 1. The normalized spacial score (nSPS) is 19.7. The molecule has 1 aromatic rings. The van der Waals surface area contributed by atoms with Crippen molar-refractivity contribution < 1.29 is 9.59 Å². The smallest absolute Gasteiger partial charge is 0.289 e. The van der Waals surface area contributed by atoms with Crippen molar-refractivity contribution in [1.82, 2.24) is 4.90 Å². The number of fused-ring (bicyclic) bond motifs is 1. The zero-order valence-corrected chi connectivity index (χ0v) is 13.5. The minimum absolute atomic E-state index is 0. The number of carbonyl (C=O) groups excluding carboxylic acids is 2.